The molecule has 0 unspecified atom stereocenters. The summed E-state index contributed by atoms with van der Waals surface area (Å²) in [7, 11) is 2.18. The van der Waals surface area contributed by atoms with Gasteiger partial charge in [-0.2, -0.15) is 0 Å². The largest absolute Gasteiger partial charge is 0.471 e. The number of aromatic nitrogens is 1. The Kier molecular flexibility index (Phi) is 3.06. The van der Waals surface area contributed by atoms with Crippen LogP contribution in [0.15, 0.2) is 41.2 Å². The van der Waals surface area contributed by atoms with Crippen LogP contribution in [0.5, 0.6) is 0 Å². The summed E-state index contributed by atoms with van der Waals surface area (Å²) in [6.45, 7) is 4.22. The lowest BCUT2D eigenvalue weighted by atomic mass is 10.0. The van der Waals surface area contributed by atoms with Gasteiger partial charge in [-0.15, -0.1) is 0 Å². The average molecular weight is 290 g/mol. The standard InChI is InChI=1S/C19H18N2O/c1-14-3-4-18-16(11-14)17-12-20(2)8-6-19(17)21(18)9-5-15-7-10-22-13-15/h3-4,7,10-11,13H,6,8,12H2,1-2H3. The molecule has 0 N–H and O–H groups in total. The highest BCUT2D eigenvalue weighted by Gasteiger charge is 2.21. The Morgan fingerprint density at radius 3 is 2.95 bits per heavy atom. The van der Waals surface area contributed by atoms with Gasteiger partial charge in [-0.3, -0.25) is 4.57 Å². The molecule has 0 spiro atoms. The Morgan fingerprint density at radius 2 is 2.14 bits per heavy atom. The normalized spacial score (nSPS) is 14.6. The molecule has 0 aliphatic carbocycles. The topological polar surface area (TPSA) is 21.3 Å². The van der Waals surface area contributed by atoms with Crippen molar-refractivity contribution in [2.45, 2.75) is 19.9 Å². The van der Waals surface area contributed by atoms with Gasteiger partial charge in [0.25, 0.3) is 0 Å². The van der Waals surface area contributed by atoms with Gasteiger partial charge >= 0.3 is 0 Å². The van der Waals surface area contributed by atoms with Gasteiger partial charge in [0.05, 0.1) is 17.3 Å². The van der Waals surface area contributed by atoms with Crippen LogP contribution in [0, 0.1) is 18.9 Å². The molecule has 0 fully saturated rings. The zero-order valence-electron chi connectivity index (χ0n) is 12.9. The number of aryl methyl sites for hydroxylation is 1. The highest BCUT2D eigenvalue weighted by Crippen LogP contribution is 2.30. The molecule has 1 aliphatic rings. The molecule has 0 saturated heterocycles. The fourth-order valence-electron chi connectivity index (χ4n) is 3.19. The predicted molar refractivity (Wildman–Crippen MR) is 87.7 cm³/mol. The second kappa shape index (κ2) is 5.08. The monoisotopic (exact) mass is 290 g/mol. The van der Waals surface area contributed by atoms with Gasteiger partial charge < -0.3 is 9.32 Å². The number of nitrogens with zero attached hydrogens (tertiary/aromatic N) is 2. The van der Waals surface area contributed by atoms with E-state index in [2.05, 4.69) is 53.6 Å². The first-order valence-corrected chi connectivity index (χ1v) is 7.58. The lowest BCUT2D eigenvalue weighted by Gasteiger charge is -2.23. The molecule has 0 bridgehead atoms. The van der Waals surface area contributed by atoms with E-state index in [4.69, 9.17) is 4.42 Å². The molecule has 110 valence electrons. The average Bonchev–Trinajstić information content (AvgIpc) is 3.11. The fourth-order valence-corrected chi connectivity index (χ4v) is 3.19. The summed E-state index contributed by atoms with van der Waals surface area (Å²) in [5.41, 5.74) is 6.20. The van der Waals surface area contributed by atoms with Crippen LogP contribution >= 0.6 is 0 Å². The van der Waals surface area contributed by atoms with E-state index in [0.717, 1.165) is 25.1 Å². The van der Waals surface area contributed by atoms with Crippen molar-refractivity contribution < 1.29 is 4.42 Å². The Bertz CT molecular complexity index is 891. The molecule has 1 aromatic carbocycles. The second-order valence-corrected chi connectivity index (χ2v) is 6.02. The number of hydrogen-bond acceptors (Lipinski definition) is 2. The number of benzene rings is 1. The second-order valence-electron chi connectivity index (χ2n) is 6.02. The summed E-state index contributed by atoms with van der Waals surface area (Å²) < 4.78 is 7.27. The zero-order chi connectivity index (χ0) is 15.1. The first kappa shape index (κ1) is 13.2. The highest BCUT2D eigenvalue weighted by molar-refractivity contribution is 5.87. The van der Waals surface area contributed by atoms with Gasteiger partial charge in [0, 0.05) is 36.6 Å². The molecule has 3 aromatic rings. The summed E-state index contributed by atoms with van der Waals surface area (Å²) in [4.78, 5) is 2.37. The number of rotatable bonds is 0. The van der Waals surface area contributed by atoms with Crippen molar-refractivity contribution in [1.29, 1.82) is 0 Å². The summed E-state index contributed by atoms with van der Waals surface area (Å²) in [6, 6.07) is 11.8. The first-order valence-electron chi connectivity index (χ1n) is 7.58. The summed E-state index contributed by atoms with van der Waals surface area (Å²) in [5.74, 6) is 3.20. The molecule has 0 radical (unpaired) electrons. The maximum Gasteiger partial charge on any atom is 0.106 e. The van der Waals surface area contributed by atoms with E-state index in [0.29, 0.717) is 0 Å². The van der Waals surface area contributed by atoms with E-state index >= 15 is 0 Å². The minimum Gasteiger partial charge on any atom is -0.471 e. The van der Waals surface area contributed by atoms with E-state index in [9.17, 15) is 0 Å². The number of fused-ring (bicyclic) bond motifs is 3. The Hall–Kier alpha value is -2.44. The van der Waals surface area contributed by atoms with Crippen molar-refractivity contribution in [2.24, 2.45) is 0 Å². The predicted octanol–water partition coefficient (Wildman–Crippen LogP) is 3.39. The molecule has 0 atom stereocenters. The maximum atomic E-state index is 5.10. The van der Waals surface area contributed by atoms with Crippen LogP contribution in [0.2, 0.25) is 0 Å². The van der Waals surface area contributed by atoms with Gasteiger partial charge in [-0.05, 0) is 43.7 Å². The molecule has 3 heterocycles. The third-order valence-electron chi connectivity index (χ3n) is 4.33. The molecule has 3 nitrogen and oxygen atoms in total. The highest BCUT2D eigenvalue weighted by atomic mass is 16.3. The van der Waals surface area contributed by atoms with Crippen LogP contribution in [0.4, 0.5) is 0 Å². The van der Waals surface area contributed by atoms with E-state index in [1.165, 1.54) is 27.7 Å². The molecule has 2 aromatic heterocycles. The molecular formula is C19H18N2O. The molecule has 22 heavy (non-hydrogen) atoms. The van der Waals surface area contributed by atoms with E-state index in [1.807, 2.05) is 6.07 Å². The lowest BCUT2D eigenvalue weighted by molar-refractivity contribution is 0.311. The van der Waals surface area contributed by atoms with Crippen molar-refractivity contribution in [3.8, 4) is 12.0 Å². The van der Waals surface area contributed by atoms with Gasteiger partial charge in [-0.25, -0.2) is 0 Å². The van der Waals surface area contributed by atoms with Gasteiger partial charge in [0.15, 0.2) is 0 Å². The molecule has 1 aliphatic heterocycles. The third-order valence-corrected chi connectivity index (χ3v) is 4.33. The number of hydrogen-bond donors (Lipinski definition) is 0. The van der Waals surface area contributed by atoms with Crippen molar-refractivity contribution >= 4 is 10.9 Å². The molecule has 0 saturated carbocycles. The Morgan fingerprint density at radius 1 is 1.23 bits per heavy atom. The summed E-state index contributed by atoms with van der Waals surface area (Å²) >= 11 is 0. The smallest absolute Gasteiger partial charge is 0.106 e. The van der Waals surface area contributed by atoms with Gasteiger partial charge in [0.1, 0.15) is 6.26 Å². The minimum absolute atomic E-state index is 0.913. The molecule has 0 amide bonds. The van der Waals surface area contributed by atoms with E-state index in [-0.39, 0.29) is 0 Å². The Balaban J connectivity index is 1.94. The van der Waals surface area contributed by atoms with Gasteiger partial charge in [-0.1, -0.05) is 11.6 Å². The quantitative estimate of drug-likeness (QED) is 0.592. The fraction of sp³-hybridized carbons (Fsp3) is 0.263. The van der Waals surface area contributed by atoms with Gasteiger partial charge in [0.2, 0.25) is 0 Å². The van der Waals surface area contributed by atoms with Crippen molar-refractivity contribution in [2.75, 3.05) is 13.6 Å². The number of likely N-dealkylation sites (N-methyl/N-ethyl adjacent to an activating group) is 1. The van der Waals surface area contributed by atoms with Crippen molar-refractivity contribution in [3.05, 3.63) is 59.2 Å². The van der Waals surface area contributed by atoms with Crippen LogP contribution in [0.25, 0.3) is 10.9 Å². The third kappa shape index (κ3) is 2.13. The zero-order valence-corrected chi connectivity index (χ0v) is 12.9. The van der Waals surface area contributed by atoms with Crippen LogP contribution in [-0.2, 0) is 13.0 Å². The minimum atomic E-state index is 0.913. The van der Waals surface area contributed by atoms with E-state index < -0.39 is 0 Å². The summed E-state index contributed by atoms with van der Waals surface area (Å²) in [5, 5.41) is 1.34. The number of furan rings is 1. The maximum absolute atomic E-state index is 5.10. The van der Waals surface area contributed by atoms with E-state index in [1.54, 1.807) is 12.5 Å². The Labute approximate surface area is 130 Å². The van der Waals surface area contributed by atoms with Crippen LogP contribution < -0.4 is 0 Å². The van der Waals surface area contributed by atoms with Crippen LogP contribution in [-0.4, -0.2) is 23.1 Å². The SMILES string of the molecule is Cc1ccc2c(c1)c1c(n2C#Cc2ccoc2)CCN(C)C1. The molecule has 4 rings (SSSR count). The summed E-state index contributed by atoms with van der Waals surface area (Å²) in [6.07, 6.45) is 4.38. The lowest BCUT2D eigenvalue weighted by Crippen LogP contribution is -2.27. The molecule has 3 heteroatoms. The molecular weight excluding hydrogens is 272 g/mol. The van der Waals surface area contributed by atoms with Crippen LogP contribution in [0.1, 0.15) is 22.4 Å². The van der Waals surface area contributed by atoms with Crippen molar-refractivity contribution in [1.82, 2.24) is 9.47 Å². The van der Waals surface area contributed by atoms with Crippen molar-refractivity contribution in [3.63, 3.8) is 0 Å². The van der Waals surface area contributed by atoms with Crippen LogP contribution in [0.3, 0.4) is 0 Å². The first-order chi connectivity index (χ1) is 10.7.